The first-order valence-electron chi connectivity index (χ1n) is 8.30. The fourth-order valence-electron chi connectivity index (χ4n) is 1.61. The lowest BCUT2D eigenvalue weighted by Crippen LogP contribution is -2.42. The van der Waals surface area contributed by atoms with Crippen molar-refractivity contribution < 1.29 is 26.5 Å². The molecule has 0 heterocycles. The second kappa shape index (κ2) is 14.9. The number of rotatable bonds is 4. The lowest BCUT2D eigenvalue weighted by Gasteiger charge is -2.19. The molecule has 0 aliphatic heterocycles. The largest absolute Gasteiger partial charge is 0.386 e. The van der Waals surface area contributed by atoms with Gasteiger partial charge < -0.3 is 15.7 Å². The summed E-state index contributed by atoms with van der Waals surface area (Å²) in [7, 11) is 0. The van der Waals surface area contributed by atoms with Crippen molar-refractivity contribution in [2.24, 2.45) is 0 Å². The number of thiocarbonyl (C=S) groups is 1. The number of benzene rings is 1. The second-order valence-electron chi connectivity index (χ2n) is 5.11. The van der Waals surface area contributed by atoms with Crippen LogP contribution in [0.4, 0.5) is 5.69 Å². The Balaban J connectivity index is -0.0000000431. The number of aliphatic hydroxyl groups is 1. The summed E-state index contributed by atoms with van der Waals surface area (Å²) in [6.07, 6.45) is 0.610. The van der Waals surface area contributed by atoms with E-state index in [-0.39, 0.29) is 27.4 Å². The average Bonchev–Trinajstić information content (AvgIpc) is 2.71. The van der Waals surface area contributed by atoms with E-state index in [1.807, 2.05) is 30.3 Å². The lowest BCUT2D eigenvalue weighted by molar-refractivity contribution is 0.190. The molecule has 0 aliphatic carbocycles. The zero-order chi connectivity index (χ0) is 21.2. The molecule has 0 spiro atoms. The lowest BCUT2D eigenvalue weighted by atomic mass is 10.2. The Bertz CT molecular complexity index is 1270. The van der Waals surface area contributed by atoms with E-state index in [9.17, 15) is 5.11 Å². The first-order chi connectivity index (χ1) is 14.1. The Morgan fingerprint density at radius 3 is 2.03 bits per heavy atom. The molecule has 0 saturated carbocycles. The molecule has 1 aromatic carbocycles. The number of hydrogen-bond acceptors (Lipinski definition) is 2. The van der Waals surface area contributed by atoms with Crippen LogP contribution < -0.4 is 10.6 Å². The molecule has 0 saturated heterocycles. The van der Waals surface area contributed by atoms with E-state index in [0.717, 1.165) is 5.69 Å². The average molecular weight is 423 g/mol. The van der Waals surface area contributed by atoms with Gasteiger partial charge in [0.2, 0.25) is 0 Å². The topological polar surface area (TPSA) is 44.3 Å². The third-order valence-electron chi connectivity index (χ3n) is 2.94. The van der Waals surface area contributed by atoms with Gasteiger partial charge in [-0.25, -0.2) is 0 Å². The van der Waals surface area contributed by atoms with Gasteiger partial charge in [-0.3, -0.25) is 0 Å². The highest BCUT2D eigenvalue weighted by Gasteiger charge is 2.11. The van der Waals surface area contributed by atoms with Gasteiger partial charge in [0.25, 0.3) is 0 Å². The predicted molar refractivity (Wildman–Crippen MR) is 149 cm³/mol. The normalized spacial score (nSPS) is 9.31. The minimum absolute atomic E-state index is 0. The predicted octanol–water partition coefficient (Wildman–Crippen LogP) is 7.61. The maximum absolute atomic E-state index is 10.1. The Hall–Kier alpha value is -4.25. The van der Waals surface area contributed by atoms with Crippen LogP contribution in [0.25, 0.3) is 0 Å². The molecular weight excluding hydrogens is 376 g/mol. The molecule has 0 radical (unpaired) electrons. The monoisotopic (exact) mass is 422 g/mol. The van der Waals surface area contributed by atoms with Crippen molar-refractivity contribution in [3.8, 4) is 0 Å². The van der Waals surface area contributed by atoms with Crippen LogP contribution in [0.3, 0.4) is 0 Å². The fourth-order valence-corrected chi connectivity index (χ4v) is 1.92. The SMILES string of the molecule is C=C=C=C=C=C=C=C=C=C=C=C=C=C=C[C@H](O)[C@H](C)NC(=S)Nc1ccccc1.[HH].[HH].[HH].[HH].[HH].[HH].[HH].[HH].[HH].[HH].[HH].[HH].[HH].[HH].[HH]. The molecule has 3 nitrogen and oxygen atoms in total. The molecule has 168 valence electrons. The molecule has 0 aromatic heterocycles. The molecule has 1 aromatic rings. The van der Waals surface area contributed by atoms with E-state index in [0.29, 0.717) is 5.11 Å². The number of aliphatic hydroxyl groups excluding tert-OH is 1. The van der Waals surface area contributed by atoms with Crippen molar-refractivity contribution >= 4 is 23.0 Å². The van der Waals surface area contributed by atoms with E-state index in [4.69, 9.17) is 12.2 Å². The highest BCUT2D eigenvalue weighted by Crippen LogP contribution is 2.05. The Kier molecular flexibility index (Phi) is 11.7. The van der Waals surface area contributed by atoms with Crippen LogP contribution in [-0.2, 0) is 0 Å². The van der Waals surface area contributed by atoms with Crippen LogP contribution in [-0.4, -0.2) is 22.4 Å². The third kappa shape index (κ3) is 11.9. The van der Waals surface area contributed by atoms with Crippen LogP contribution >= 0.6 is 12.2 Å². The summed E-state index contributed by atoms with van der Waals surface area (Å²) < 4.78 is 0. The van der Waals surface area contributed by atoms with Crippen molar-refractivity contribution in [3.63, 3.8) is 0 Å². The summed E-state index contributed by atoms with van der Waals surface area (Å²) in [5.74, 6) is 0. The molecule has 1 rings (SSSR count). The van der Waals surface area contributed by atoms with Gasteiger partial charge >= 0.3 is 0 Å². The smallest absolute Gasteiger partial charge is 0.171 e. The van der Waals surface area contributed by atoms with Crippen molar-refractivity contribution in [2.45, 2.75) is 19.1 Å². The first-order valence-corrected chi connectivity index (χ1v) is 8.71. The molecule has 29 heavy (non-hydrogen) atoms. The maximum atomic E-state index is 10.1. The van der Waals surface area contributed by atoms with E-state index in [2.05, 4.69) is 91.7 Å². The molecule has 2 atom stereocenters. The van der Waals surface area contributed by atoms with Gasteiger partial charge in [0.05, 0.1) is 12.1 Å². The molecule has 0 bridgehead atoms. The van der Waals surface area contributed by atoms with Crippen LogP contribution in [0.1, 0.15) is 28.3 Å². The van der Waals surface area contributed by atoms with Crippen molar-refractivity contribution in [1.82, 2.24) is 5.32 Å². The van der Waals surface area contributed by atoms with Crippen LogP contribution in [0, 0.1) is 0 Å². The molecule has 0 unspecified atom stereocenters. The second-order valence-corrected chi connectivity index (χ2v) is 5.51. The van der Waals surface area contributed by atoms with Crippen molar-refractivity contribution in [3.05, 3.63) is 117 Å². The van der Waals surface area contributed by atoms with E-state index >= 15 is 0 Å². The molecule has 0 aliphatic rings. The number of nitrogens with one attached hydrogen (secondary N) is 2. The number of anilines is 1. The zero-order valence-electron chi connectivity index (χ0n) is 15.7. The maximum Gasteiger partial charge on any atom is 0.171 e. The van der Waals surface area contributed by atoms with E-state index in [1.165, 1.54) is 6.08 Å². The van der Waals surface area contributed by atoms with Gasteiger partial charge in [0, 0.05) is 27.1 Å². The quantitative estimate of drug-likeness (QED) is 0.345. The summed E-state index contributed by atoms with van der Waals surface area (Å²) in [6.45, 7) is 5.11. The molecule has 0 amide bonds. The highest BCUT2D eigenvalue weighted by atomic mass is 32.1. The third-order valence-corrected chi connectivity index (χ3v) is 3.16. The van der Waals surface area contributed by atoms with Crippen molar-refractivity contribution in [2.75, 3.05) is 5.32 Å². The number of hydrogen-bond donors (Lipinski definition) is 3. The van der Waals surface area contributed by atoms with Gasteiger partial charge in [-0.1, -0.05) is 29.7 Å². The Morgan fingerprint density at radius 1 is 0.966 bits per heavy atom. The Morgan fingerprint density at radius 2 is 1.48 bits per heavy atom. The molecule has 0 fully saturated rings. The van der Waals surface area contributed by atoms with Gasteiger partial charge in [-0.05, 0) is 107 Å². The fraction of sp³-hybridized carbons (Fsp3) is 0.120. The first kappa shape index (κ1) is 22.8. The summed E-state index contributed by atoms with van der Waals surface area (Å²) in [5.41, 5.74) is 33.5. The van der Waals surface area contributed by atoms with E-state index < -0.39 is 6.10 Å². The summed E-state index contributed by atoms with van der Waals surface area (Å²) in [5, 5.41) is 16.5. The molecule has 3 N–H and O–H groups in total. The molecule has 4 heteroatoms. The van der Waals surface area contributed by atoms with Gasteiger partial charge in [-0.15, -0.1) is 0 Å². The zero-order valence-corrected chi connectivity index (χ0v) is 16.5. The summed E-state index contributed by atoms with van der Waals surface area (Å²) in [6, 6.07) is 9.18. The highest BCUT2D eigenvalue weighted by molar-refractivity contribution is 7.80. The summed E-state index contributed by atoms with van der Waals surface area (Å²) >= 11 is 5.22. The Labute approximate surface area is 197 Å². The van der Waals surface area contributed by atoms with Gasteiger partial charge in [0.15, 0.2) is 5.11 Å². The van der Waals surface area contributed by atoms with Crippen LogP contribution in [0.2, 0.25) is 0 Å². The minimum Gasteiger partial charge on any atom is -0.386 e. The van der Waals surface area contributed by atoms with Crippen molar-refractivity contribution in [1.29, 1.82) is 0 Å². The summed E-state index contributed by atoms with van der Waals surface area (Å²) in [4.78, 5) is 0. The van der Waals surface area contributed by atoms with Crippen LogP contribution in [0.15, 0.2) is 117 Å². The minimum atomic E-state index is -0.822. The number of para-hydroxylation sites is 1. The van der Waals surface area contributed by atoms with Gasteiger partial charge in [0.1, 0.15) is 0 Å². The van der Waals surface area contributed by atoms with Gasteiger partial charge in [-0.2, -0.15) is 0 Å². The van der Waals surface area contributed by atoms with E-state index in [1.54, 1.807) is 6.92 Å². The molecular formula is C25H46N2OS. The standard InChI is InChI=1S/C25H16N2OS.15H2/c1-3-4-5-6-7-8-9-10-11-12-13-14-18-21-24(28)22(2)26-25(29)27-23-19-16-15-17-20-23;;;;;;;;;;;;;;;/h15-17,19-22,24,28H,1H2,2H3,(H2,26,27,29);15*1H/t22-,24-;;;;;;;;;;;;;;;/m0.............../s1. The van der Waals surface area contributed by atoms with Crippen LogP contribution in [0.5, 0.6) is 0 Å².